The number of primary amides is 1. The molecule has 402 valence electrons. The number of carbonyl (C=O) groups excluding carboxylic acids is 9. The number of amides is 9. The van der Waals surface area contributed by atoms with Gasteiger partial charge in [0.05, 0.1) is 21.6 Å². The smallest absolute Gasteiger partial charge is 0.326 e. The van der Waals surface area contributed by atoms with Gasteiger partial charge in [-0.3, -0.25) is 47.9 Å². The van der Waals surface area contributed by atoms with E-state index in [4.69, 9.17) is 22.3 Å². The molecule has 26 nitrogen and oxygen atoms in total. The third-order valence-corrected chi connectivity index (χ3v) is 12.6. The molecule has 1 aromatic rings. The Bertz CT molecular complexity index is 2130. The summed E-state index contributed by atoms with van der Waals surface area (Å²) in [7, 11) is 0. The molecule has 0 spiro atoms. The fourth-order valence-electron chi connectivity index (χ4n) is 7.26. The molecule has 0 aromatic heterocycles. The largest absolute Gasteiger partial charge is 0.506 e. The second kappa shape index (κ2) is 30.2. The molecular weight excluding hydrogens is 1080 g/mol. The summed E-state index contributed by atoms with van der Waals surface area (Å²) in [6, 6.07) is -9.43. The quantitative estimate of drug-likeness (QED) is 0.0346. The Morgan fingerprint density at radius 3 is 1.75 bits per heavy atom. The first-order chi connectivity index (χ1) is 33.7. The van der Waals surface area contributed by atoms with Crippen LogP contribution in [0.5, 0.6) is 5.75 Å². The summed E-state index contributed by atoms with van der Waals surface area (Å²) in [6.07, 6.45) is -1.12. The highest BCUT2D eigenvalue weighted by Crippen LogP contribution is 2.34. The fourth-order valence-corrected chi connectivity index (χ4v) is 8.54. The van der Waals surface area contributed by atoms with Crippen LogP contribution in [0.4, 0.5) is 0 Å². The van der Waals surface area contributed by atoms with E-state index in [0.29, 0.717) is 18.4 Å². The number of hydrogen-bond acceptors (Lipinski definition) is 15. The highest BCUT2D eigenvalue weighted by atomic mass is 79.9. The van der Waals surface area contributed by atoms with Gasteiger partial charge in [-0.2, -0.15) is 0 Å². The van der Waals surface area contributed by atoms with Gasteiger partial charge in [-0.15, -0.1) is 0 Å². The van der Waals surface area contributed by atoms with Crippen LogP contribution >= 0.6 is 31.9 Å². The van der Waals surface area contributed by atoms with Crippen LogP contribution < -0.4 is 54.4 Å². The Morgan fingerprint density at radius 2 is 1.22 bits per heavy atom. The zero-order valence-electron chi connectivity index (χ0n) is 40.3. The van der Waals surface area contributed by atoms with Crippen LogP contribution in [0.3, 0.4) is 0 Å². The lowest BCUT2D eigenvalue weighted by molar-refractivity contribution is -0.144. The number of nitrogens with zero attached hydrogens (tertiary/aromatic N) is 1. The number of likely N-dealkylation sites (tertiary alicyclic amines) is 1. The molecule has 0 bridgehead atoms. The van der Waals surface area contributed by atoms with Gasteiger partial charge < -0.3 is 79.7 Å². The van der Waals surface area contributed by atoms with E-state index >= 15 is 0 Å². The molecule has 0 radical (unpaired) electrons. The zero-order valence-corrected chi connectivity index (χ0v) is 43.5. The molecule has 0 unspecified atom stereocenters. The lowest BCUT2D eigenvalue weighted by Crippen LogP contribution is -2.60. The molecule has 0 aliphatic carbocycles. The van der Waals surface area contributed by atoms with E-state index in [1.807, 2.05) is 0 Å². The number of phenols is 1. The number of phenolic OH excluding ortho intramolecular Hbond substituents is 1. The number of aliphatic hydroxyl groups excluding tert-OH is 1. The van der Waals surface area contributed by atoms with Crippen molar-refractivity contribution in [3.63, 3.8) is 0 Å². The Morgan fingerprint density at radius 1 is 0.694 bits per heavy atom. The van der Waals surface area contributed by atoms with E-state index in [-0.39, 0.29) is 53.5 Å². The maximum atomic E-state index is 14.1. The van der Waals surface area contributed by atoms with Gasteiger partial charge in [0.15, 0.2) is 0 Å². The summed E-state index contributed by atoms with van der Waals surface area (Å²) in [5.41, 5.74) is 17.1. The topological polar surface area (TPSA) is 434 Å². The van der Waals surface area contributed by atoms with Gasteiger partial charge >= 0.3 is 11.9 Å². The van der Waals surface area contributed by atoms with E-state index in [1.54, 1.807) is 13.8 Å². The minimum atomic E-state index is -1.77. The van der Waals surface area contributed by atoms with E-state index in [9.17, 15) is 68.1 Å². The molecule has 17 N–H and O–H groups in total. The molecule has 0 saturated carbocycles. The number of carbonyl (C=O) groups is 11. The first kappa shape index (κ1) is 62.1. The normalized spacial score (nSPS) is 16.6. The van der Waals surface area contributed by atoms with Crippen LogP contribution in [0.15, 0.2) is 21.1 Å². The zero-order chi connectivity index (χ0) is 54.6. The summed E-state index contributed by atoms with van der Waals surface area (Å²) in [4.78, 5) is 144. The standard InChI is InChI=1S/C44H67Br2N11O15/c1-20(2)34(56-36(63)21(3)48)43(70)57-15-7-9-31(57)42(69)54-29(18-23-16-24(45)35(62)25(46)17-23)40(67)50-22(4)37(64)51-27(10-12-32(49)59)39(66)52-26(8-5-6-14-47)38(65)55-30(19-58)41(68)53-28(44(71)72)11-13-33(60)61/h16-17,20-22,26-31,34,58,62H,5-15,18-19,47-48H2,1-4H3,(H2,49,59)(H,50,67)(H,51,64)(H,52,66)(H,53,68)(H,54,69)(H,55,65)(H,56,63)(H,60,61)(H,71,72)/t21-,22-,26-,27-,28-,29-,30-,31-,34-/m0/s1. The van der Waals surface area contributed by atoms with Gasteiger partial charge in [-0.1, -0.05) is 13.8 Å². The van der Waals surface area contributed by atoms with E-state index in [1.165, 1.54) is 30.9 Å². The van der Waals surface area contributed by atoms with Gasteiger partial charge in [-0.05, 0) is 121 Å². The van der Waals surface area contributed by atoms with Crippen molar-refractivity contribution in [1.29, 1.82) is 0 Å². The number of carboxylic acid groups (broad SMARTS) is 2. The number of hydrogen-bond donors (Lipinski definition) is 14. The minimum absolute atomic E-state index is 0.107. The second-order valence-electron chi connectivity index (χ2n) is 17.6. The monoisotopic (exact) mass is 1150 g/mol. The number of nitrogens with two attached hydrogens (primary N) is 3. The summed E-state index contributed by atoms with van der Waals surface area (Å²) in [5, 5.41) is 55.7. The maximum Gasteiger partial charge on any atom is 0.326 e. The van der Waals surface area contributed by atoms with Gasteiger partial charge in [0, 0.05) is 25.8 Å². The lowest BCUT2D eigenvalue weighted by atomic mass is 10.0. The Kier molecular flexibility index (Phi) is 26.0. The van der Waals surface area contributed by atoms with Crippen LogP contribution in [0.25, 0.3) is 0 Å². The number of aromatic hydroxyl groups is 1. The molecule has 1 heterocycles. The van der Waals surface area contributed by atoms with Crippen LogP contribution in [0.1, 0.15) is 91.0 Å². The van der Waals surface area contributed by atoms with Crippen LogP contribution in [0.2, 0.25) is 0 Å². The fraction of sp³-hybridized carbons (Fsp3) is 0.614. The van der Waals surface area contributed by atoms with E-state index < -0.39 is 158 Å². The van der Waals surface area contributed by atoms with Gasteiger partial charge in [0.25, 0.3) is 0 Å². The minimum Gasteiger partial charge on any atom is -0.506 e. The number of aliphatic hydroxyl groups is 1. The molecular formula is C44H67Br2N11O15. The van der Waals surface area contributed by atoms with Crippen molar-refractivity contribution in [1.82, 2.24) is 42.1 Å². The predicted molar refractivity (Wildman–Crippen MR) is 263 cm³/mol. The Hall–Kier alpha value is -5.97. The third-order valence-electron chi connectivity index (χ3n) is 11.4. The predicted octanol–water partition coefficient (Wildman–Crippen LogP) is -2.80. The first-order valence-electron chi connectivity index (χ1n) is 23.1. The van der Waals surface area contributed by atoms with Crippen molar-refractivity contribution in [3.8, 4) is 5.75 Å². The second-order valence-corrected chi connectivity index (χ2v) is 19.3. The number of aliphatic carboxylic acids is 2. The van der Waals surface area contributed by atoms with E-state index in [0.717, 1.165) is 0 Å². The van der Waals surface area contributed by atoms with Gasteiger partial charge in [0.1, 0.15) is 54.1 Å². The Labute approximate surface area is 432 Å². The highest BCUT2D eigenvalue weighted by molar-refractivity contribution is 9.11. The molecule has 1 aliphatic heterocycles. The van der Waals surface area contributed by atoms with Crippen molar-refractivity contribution < 1.29 is 73.2 Å². The molecule has 1 saturated heterocycles. The summed E-state index contributed by atoms with van der Waals surface area (Å²) in [5.74, 6) is -11.3. The Balaban J connectivity index is 2.38. The maximum absolute atomic E-state index is 14.1. The molecule has 28 heteroatoms. The number of unbranched alkanes of at least 4 members (excludes halogenated alkanes) is 1. The van der Waals surface area contributed by atoms with Crippen molar-refractivity contribution in [2.45, 2.75) is 146 Å². The number of carboxylic acids is 2. The third kappa shape index (κ3) is 19.9. The van der Waals surface area contributed by atoms with Gasteiger partial charge in [0.2, 0.25) is 53.2 Å². The summed E-state index contributed by atoms with van der Waals surface area (Å²) in [6.45, 7) is 5.43. The number of benzene rings is 1. The van der Waals surface area contributed by atoms with Crippen molar-refractivity contribution in [2.75, 3.05) is 19.7 Å². The lowest BCUT2D eigenvalue weighted by Gasteiger charge is -2.31. The molecule has 2 rings (SSSR count). The summed E-state index contributed by atoms with van der Waals surface area (Å²) < 4.78 is 0.478. The van der Waals surface area contributed by atoms with Crippen LogP contribution in [-0.2, 0) is 59.2 Å². The average molecular weight is 1150 g/mol. The SMILES string of the molecule is CC(C)[C@H](NC(=O)[C@H](C)N)C(=O)N1CCC[C@H]1C(=O)N[C@@H](Cc1cc(Br)c(O)c(Br)c1)C(=O)N[C@@H](C)C(=O)N[C@@H](CCC(N)=O)C(=O)N[C@@H](CCCCN)C(=O)N[C@@H](CO)C(=O)N[C@@H](CCC(=O)O)C(=O)O. The first-order valence-corrected chi connectivity index (χ1v) is 24.7. The van der Waals surface area contributed by atoms with Crippen LogP contribution in [0, 0.1) is 5.92 Å². The van der Waals surface area contributed by atoms with Gasteiger partial charge in [-0.25, -0.2) is 4.79 Å². The molecule has 1 aliphatic rings. The van der Waals surface area contributed by atoms with Crippen molar-refractivity contribution in [3.05, 3.63) is 26.6 Å². The molecule has 9 atom stereocenters. The molecule has 9 amide bonds. The molecule has 1 aromatic carbocycles. The van der Waals surface area contributed by atoms with Crippen molar-refractivity contribution >= 4 is 97.0 Å². The average Bonchev–Trinajstić information content (AvgIpc) is 3.80. The number of halogens is 2. The summed E-state index contributed by atoms with van der Waals surface area (Å²) >= 11 is 6.49. The van der Waals surface area contributed by atoms with Crippen LogP contribution in [-0.4, -0.2) is 165 Å². The van der Waals surface area contributed by atoms with Crippen molar-refractivity contribution in [2.24, 2.45) is 23.1 Å². The highest BCUT2D eigenvalue weighted by Gasteiger charge is 2.40. The van der Waals surface area contributed by atoms with E-state index in [2.05, 4.69) is 69.1 Å². The molecule has 1 fully saturated rings. The number of rotatable bonds is 30. The molecule has 72 heavy (non-hydrogen) atoms. The number of nitrogens with one attached hydrogen (secondary N) is 7.